The molecule has 38 heavy (non-hydrogen) atoms. The highest BCUT2D eigenvalue weighted by Gasteiger charge is 2.49. The van der Waals surface area contributed by atoms with Gasteiger partial charge in [-0.2, -0.15) is 0 Å². The predicted molar refractivity (Wildman–Crippen MR) is 147 cm³/mol. The number of rotatable bonds is 9. The minimum absolute atomic E-state index is 0.0493. The highest BCUT2D eigenvalue weighted by molar-refractivity contribution is 6.00. The van der Waals surface area contributed by atoms with Crippen LogP contribution in [0.15, 0.2) is 42.5 Å². The molecule has 7 heteroatoms. The van der Waals surface area contributed by atoms with Crippen LogP contribution in [-0.4, -0.2) is 48.7 Å². The number of piperazine rings is 1. The topological polar surface area (TPSA) is 69.7 Å². The van der Waals surface area contributed by atoms with E-state index in [0.717, 1.165) is 0 Å². The number of nitrogens with one attached hydrogen (secondary N) is 1. The summed E-state index contributed by atoms with van der Waals surface area (Å²) in [5.74, 6) is -1.08. The van der Waals surface area contributed by atoms with Crippen LogP contribution in [0.25, 0.3) is 0 Å². The molecule has 3 atom stereocenters. The zero-order valence-corrected chi connectivity index (χ0v) is 23.3. The van der Waals surface area contributed by atoms with Gasteiger partial charge in [0.05, 0.1) is 5.69 Å². The van der Waals surface area contributed by atoms with Crippen LogP contribution < -0.4 is 10.2 Å². The number of amides is 2. The first kappa shape index (κ1) is 27.8. The number of carbonyl (C=O) groups is 3. The first-order chi connectivity index (χ1) is 18.0. The predicted octanol–water partition coefficient (Wildman–Crippen LogP) is 4.70. The Morgan fingerprint density at radius 2 is 1.66 bits per heavy atom. The number of carbonyl (C=O) groups excluding carboxylic acids is 3. The van der Waals surface area contributed by atoms with E-state index in [2.05, 4.69) is 17.4 Å². The van der Waals surface area contributed by atoms with Gasteiger partial charge in [-0.1, -0.05) is 58.0 Å². The van der Waals surface area contributed by atoms with Crippen molar-refractivity contribution in [1.29, 1.82) is 0 Å². The average molecular weight is 522 g/mol. The van der Waals surface area contributed by atoms with Crippen molar-refractivity contribution in [2.45, 2.75) is 71.5 Å². The molecule has 1 heterocycles. The molecule has 2 aliphatic rings. The molecular formula is C31H40FN3O3. The lowest BCUT2D eigenvalue weighted by Gasteiger charge is -2.45. The van der Waals surface area contributed by atoms with E-state index >= 15 is 4.39 Å². The maximum atomic E-state index is 15.2. The maximum Gasteiger partial charge on any atom is 0.247 e. The van der Waals surface area contributed by atoms with E-state index in [1.807, 2.05) is 39.8 Å². The van der Waals surface area contributed by atoms with Gasteiger partial charge in [0, 0.05) is 20.5 Å². The van der Waals surface area contributed by atoms with Gasteiger partial charge in [0.1, 0.15) is 23.9 Å². The Bertz CT molecular complexity index is 1180. The summed E-state index contributed by atoms with van der Waals surface area (Å²) < 4.78 is 15.2. The second kappa shape index (κ2) is 11.3. The lowest BCUT2D eigenvalue weighted by Crippen LogP contribution is -2.66. The van der Waals surface area contributed by atoms with Gasteiger partial charge in [-0.3, -0.25) is 14.4 Å². The molecule has 0 aromatic heterocycles. The molecule has 2 aromatic rings. The van der Waals surface area contributed by atoms with Crippen molar-refractivity contribution >= 4 is 23.3 Å². The summed E-state index contributed by atoms with van der Waals surface area (Å²) >= 11 is 0. The van der Waals surface area contributed by atoms with Crippen molar-refractivity contribution in [2.24, 2.45) is 17.8 Å². The van der Waals surface area contributed by atoms with E-state index in [9.17, 15) is 14.4 Å². The number of ketones is 1. The number of Topliss-reactive ketones (excluding diaryl/α,β-unsaturated/α-hetero) is 1. The summed E-state index contributed by atoms with van der Waals surface area (Å²) in [6.45, 7) is 7.87. The van der Waals surface area contributed by atoms with Crippen LogP contribution in [0.1, 0.15) is 63.3 Å². The summed E-state index contributed by atoms with van der Waals surface area (Å²) in [4.78, 5) is 44.9. The minimum atomic E-state index is -1.03. The van der Waals surface area contributed by atoms with Crippen molar-refractivity contribution in [1.82, 2.24) is 10.2 Å². The summed E-state index contributed by atoms with van der Waals surface area (Å²) in [5.41, 5.74) is 3.17. The van der Waals surface area contributed by atoms with Gasteiger partial charge in [0.2, 0.25) is 11.8 Å². The second-order valence-electron chi connectivity index (χ2n) is 11.9. The zero-order chi connectivity index (χ0) is 27.7. The van der Waals surface area contributed by atoms with Crippen molar-refractivity contribution in [2.75, 3.05) is 19.0 Å². The summed E-state index contributed by atoms with van der Waals surface area (Å²) in [6, 6.07) is 10.2. The van der Waals surface area contributed by atoms with Gasteiger partial charge in [-0.15, -0.1) is 0 Å². The Kier molecular flexibility index (Phi) is 8.24. The molecular weight excluding hydrogens is 481 g/mol. The number of hydrogen-bond donors (Lipinski definition) is 1. The Labute approximate surface area is 225 Å². The van der Waals surface area contributed by atoms with Crippen molar-refractivity contribution in [3.05, 3.63) is 65.0 Å². The molecule has 1 aliphatic carbocycles. The number of anilines is 1. The van der Waals surface area contributed by atoms with E-state index in [-0.39, 0.29) is 41.8 Å². The van der Waals surface area contributed by atoms with E-state index in [0.29, 0.717) is 30.5 Å². The quantitative estimate of drug-likeness (QED) is 0.519. The van der Waals surface area contributed by atoms with Gasteiger partial charge in [-0.25, -0.2) is 4.39 Å². The summed E-state index contributed by atoms with van der Waals surface area (Å²) in [5, 5.41) is 3.03. The molecule has 2 aromatic carbocycles. The molecule has 6 nitrogen and oxygen atoms in total. The Balaban J connectivity index is 1.78. The first-order valence-electron chi connectivity index (χ1n) is 13.7. The number of nitrogens with zero attached hydrogens (tertiary/aromatic N) is 2. The van der Waals surface area contributed by atoms with Crippen LogP contribution >= 0.6 is 0 Å². The van der Waals surface area contributed by atoms with Crippen molar-refractivity contribution in [3.63, 3.8) is 0 Å². The number of hydrogen-bond acceptors (Lipinski definition) is 4. The van der Waals surface area contributed by atoms with Crippen LogP contribution in [0.3, 0.4) is 0 Å². The smallest absolute Gasteiger partial charge is 0.247 e. The SMILES string of the molecule is CC(C)CC(=O)[C@@H](c1ccc(N(C)C)c(F)c1)N1C(=O)[C@@H](C2Cc3ccccc3C2)NC(=O)[C@H]1CC(C)C. The lowest BCUT2D eigenvalue weighted by molar-refractivity contribution is -0.157. The molecule has 1 fully saturated rings. The number of fused-ring (bicyclic) bond motifs is 1. The number of halogens is 1. The molecule has 1 saturated heterocycles. The monoisotopic (exact) mass is 521 g/mol. The fraction of sp³-hybridized carbons (Fsp3) is 0.516. The second-order valence-corrected chi connectivity index (χ2v) is 11.9. The van der Waals surface area contributed by atoms with Crippen LogP contribution in [-0.2, 0) is 27.2 Å². The molecule has 204 valence electrons. The standard InChI is InChI=1S/C31H40FN3O3/c1-18(2)13-26-30(37)33-28(23-15-20-9-7-8-10-21(20)16-23)31(38)35(26)29(27(36)14-19(3)4)22-11-12-25(34(5)6)24(32)17-22/h7-12,17-19,23,26,28-29H,13-16H2,1-6H3,(H,33,37)/t26-,28-,29-/m1/s1. The van der Waals surface area contributed by atoms with E-state index in [4.69, 9.17) is 0 Å². The summed E-state index contributed by atoms with van der Waals surface area (Å²) in [6.07, 6.45) is 2.01. The Morgan fingerprint density at radius 1 is 1.03 bits per heavy atom. The van der Waals surface area contributed by atoms with Crippen LogP contribution in [0.2, 0.25) is 0 Å². The molecule has 0 radical (unpaired) electrons. The molecule has 0 saturated carbocycles. The summed E-state index contributed by atoms with van der Waals surface area (Å²) in [7, 11) is 3.50. The molecule has 4 rings (SSSR count). The van der Waals surface area contributed by atoms with Gasteiger partial charge in [0.15, 0.2) is 5.78 Å². The van der Waals surface area contributed by atoms with Gasteiger partial charge in [0.25, 0.3) is 0 Å². The fourth-order valence-corrected chi connectivity index (χ4v) is 5.95. The zero-order valence-electron chi connectivity index (χ0n) is 23.3. The fourth-order valence-electron chi connectivity index (χ4n) is 5.95. The van der Waals surface area contributed by atoms with E-state index in [1.54, 1.807) is 31.1 Å². The maximum absolute atomic E-state index is 15.2. The molecule has 0 spiro atoms. The van der Waals surface area contributed by atoms with Crippen LogP contribution in [0.5, 0.6) is 0 Å². The van der Waals surface area contributed by atoms with Gasteiger partial charge >= 0.3 is 0 Å². The van der Waals surface area contributed by atoms with Crippen molar-refractivity contribution in [3.8, 4) is 0 Å². The highest BCUT2D eigenvalue weighted by Crippen LogP contribution is 2.37. The average Bonchev–Trinajstić information content (AvgIpc) is 3.26. The third kappa shape index (κ3) is 5.62. The number of benzene rings is 2. The molecule has 2 amide bonds. The minimum Gasteiger partial charge on any atom is -0.375 e. The van der Waals surface area contributed by atoms with Crippen LogP contribution in [0, 0.1) is 23.6 Å². The Morgan fingerprint density at radius 3 is 2.18 bits per heavy atom. The van der Waals surface area contributed by atoms with E-state index < -0.39 is 23.9 Å². The van der Waals surface area contributed by atoms with Gasteiger partial charge < -0.3 is 15.1 Å². The third-order valence-corrected chi connectivity index (χ3v) is 7.67. The van der Waals surface area contributed by atoms with Crippen molar-refractivity contribution < 1.29 is 18.8 Å². The Hall–Kier alpha value is -3.22. The normalized spacial score (nSPS) is 20.6. The van der Waals surface area contributed by atoms with Crippen LogP contribution in [0.4, 0.5) is 10.1 Å². The molecule has 1 aliphatic heterocycles. The molecule has 1 N–H and O–H groups in total. The lowest BCUT2D eigenvalue weighted by atomic mass is 9.86. The van der Waals surface area contributed by atoms with E-state index in [1.165, 1.54) is 22.1 Å². The highest BCUT2D eigenvalue weighted by atomic mass is 19.1. The molecule has 0 bridgehead atoms. The van der Waals surface area contributed by atoms with Gasteiger partial charge in [-0.05, 0) is 65.8 Å². The third-order valence-electron chi connectivity index (χ3n) is 7.67. The molecule has 0 unspecified atom stereocenters. The largest absolute Gasteiger partial charge is 0.375 e. The first-order valence-corrected chi connectivity index (χ1v) is 13.7.